The molecular formula is C14H26N2O2. The van der Waals surface area contributed by atoms with Crippen LogP contribution in [0.25, 0.3) is 0 Å². The third-order valence-electron chi connectivity index (χ3n) is 4.19. The highest BCUT2D eigenvalue weighted by molar-refractivity contribution is 5.93. The molecule has 0 aromatic rings. The Bertz CT molecular complexity index is 359. The first-order chi connectivity index (χ1) is 7.95. The van der Waals surface area contributed by atoms with E-state index in [9.17, 15) is 9.90 Å². The molecule has 0 spiro atoms. The molecule has 18 heavy (non-hydrogen) atoms. The van der Waals surface area contributed by atoms with E-state index in [1.807, 2.05) is 0 Å². The van der Waals surface area contributed by atoms with Gasteiger partial charge in [-0.2, -0.15) is 0 Å². The molecule has 2 aliphatic rings. The van der Waals surface area contributed by atoms with Gasteiger partial charge in [0.2, 0.25) is 0 Å². The van der Waals surface area contributed by atoms with Crippen molar-refractivity contribution >= 4 is 5.78 Å². The quantitative estimate of drug-likeness (QED) is 0.754. The standard InChI is InChI=1S/C14H26N2O2/c1-12(2,3)15-8-14(18,9-15)11-10(17)7-16(11)13(4,5)6/h11,18H,7-9H2,1-6H3. The number of rotatable bonds is 1. The molecular weight excluding hydrogens is 228 g/mol. The molecule has 0 aliphatic carbocycles. The van der Waals surface area contributed by atoms with Crippen molar-refractivity contribution in [3.8, 4) is 0 Å². The smallest absolute Gasteiger partial charge is 0.167 e. The molecule has 0 saturated carbocycles. The van der Waals surface area contributed by atoms with Gasteiger partial charge in [-0.25, -0.2) is 0 Å². The van der Waals surface area contributed by atoms with Crippen LogP contribution in [0.2, 0.25) is 0 Å². The van der Waals surface area contributed by atoms with Crippen LogP contribution in [0.15, 0.2) is 0 Å². The van der Waals surface area contributed by atoms with Crippen molar-refractivity contribution in [1.29, 1.82) is 0 Å². The van der Waals surface area contributed by atoms with Crippen molar-refractivity contribution in [3.63, 3.8) is 0 Å². The van der Waals surface area contributed by atoms with Crippen molar-refractivity contribution in [2.45, 2.75) is 64.3 Å². The normalized spacial score (nSPS) is 29.9. The van der Waals surface area contributed by atoms with Crippen LogP contribution in [0.3, 0.4) is 0 Å². The molecule has 104 valence electrons. The lowest BCUT2D eigenvalue weighted by molar-refractivity contribution is -0.204. The Labute approximate surface area is 110 Å². The number of aliphatic hydroxyl groups is 1. The average molecular weight is 254 g/mol. The van der Waals surface area contributed by atoms with Gasteiger partial charge in [0.05, 0.1) is 6.54 Å². The SMILES string of the molecule is CC(C)(C)N1CC(O)(C2C(=O)CN2C(C)(C)C)C1. The Morgan fingerprint density at radius 1 is 1.11 bits per heavy atom. The molecule has 0 radical (unpaired) electrons. The summed E-state index contributed by atoms with van der Waals surface area (Å²) in [6.45, 7) is 14.4. The summed E-state index contributed by atoms with van der Waals surface area (Å²) in [5.41, 5.74) is -0.849. The summed E-state index contributed by atoms with van der Waals surface area (Å²) in [6.07, 6.45) is 0. The number of hydrogen-bond donors (Lipinski definition) is 1. The topological polar surface area (TPSA) is 43.8 Å². The highest BCUT2D eigenvalue weighted by Crippen LogP contribution is 2.39. The van der Waals surface area contributed by atoms with Gasteiger partial charge in [-0.1, -0.05) is 0 Å². The Kier molecular flexibility index (Phi) is 2.93. The lowest BCUT2D eigenvalue weighted by atomic mass is 9.74. The maximum Gasteiger partial charge on any atom is 0.167 e. The van der Waals surface area contributed by atoms with Crippen LogP contribution in [0.4, 0.5) is 0 Å². The van der Waals surface area contributed by atoms with Gasteiger partial charge in [0.25, 0.3) is 0 Å². The molecule has 0 aromatic heterocycles. The second-order valence-electron chi connectivity index (χ2n) is 7.80. The highest BCUT2D eigenvalue weighted by atomic mass is 16.3. The zero-order valence-corrected chi connectivity index (χ0v) is 12.4. The molecule has 2 saturated heterocycles. The van der Waals surface area contributed by atoms with Crippen LogP contribution in [0.5, 0.6) is 0 Å². The molecule has 2 fully saturated rings. The van der Waals surface area contributed by atoms with E-state index in [-0.39, 0.29) is 22.9 Å². The molecule has 4 heteroatoms. The lowest BCUT2D eigenvalue weighted by Gasteiger charge is -2.61. The molecule has 1 unspecified atom stereocenters. The minimum atomic E-state index is -0.851. The summed E-state index contributed by atoms with van der Waals surface area (Å²) in [6, 6.07) is -0.309. The van der Waals surface area contributed by atoms with Crippen molar-refractivity contribution in [3.05, 3.63) is 0 Å². The van der Waals surface area contributed by atoms with Gasteiger partial charge in [0, 0.05) is 24.2 Å². The lowest BCUT2D eigenvalue weighted by Crippen LogP contribution is -2.81. The Balaban J connectivity index is 2.07. The van der Waals surface area contributed by atoms with Crippen LogP contribution >= 0.6 is 0 Å². The zero-order valence-electron chi connectivity index (χ0n) is 12.4. The Morgan fingerprint density at radius 3 is 1.94 bits per heavy atom. The largest absolute Gasteiger partial charge is 0.385 e. The van der Waals surface area contributed by atoms with Gasteiger partial charge in [0.1, 0.15) is 11.6 Å². The fourth-order valence-corrected chi connectivity index (χ4v) is 2.88. The summed E-state index contributed by atoms with van der Waals surface area (Å²) in [5.74, 6) is 0.181. The van der Waals surface area contributed by atoms with Gasteiger partial charge in [0.15, 0.2) is 5.78 Å². The Morgan fingerprint density at radius 2 is 1.61 bits per heavy atom. The number of β-amino-alcohol motifs (C(OH)–C–C–N with tert-alkyl or cyclic N) is 1. The minimum Gasteiger partial charge on any atom is -0.385 e. The van der Waals surface area contributed by atoms with E-state index in [1.165, 1.54) is 0 Å². The van der Waals surface area contributed by atoms with Crippen molar-refractivity contribution in [2.24, 2.45) is 0 Å². The van der Waals surface area contributed by atoms with E-state index >= 15 is 0 Å². The average Bonchev–Trinajstić information content (AvgIpc) is 2.06. The summed E-state index contributed by atoms with van der Waals surface area (Å²) in [5, 5.41) is 10.7. The van der Waals surface area contributed by atoms with Gasteiger partial charge in [-0.15, -0.1) is 0 Å². The molecule has 2 rings (SSSR count). The molecule has 0 amide bonds. The van der Waals surface area contributed by atoms with E-state index < -0.39 is 5.60 Å². The summed E-state index contributed by atoms with van der Waals surface area (Å²) < 4.78 is 0. The number of Topliss-reactive ketones (excluding diaryl/α,β-unsaturated/α-hetero) is 1. The highest BCUT2D eigenvalue weighted by Gasteiger charge is 2.60. The summed E-state index contributed by atoms with van der Waals surface area (Å²) in [7, 11) is 0. The van der Waals surface area contributed by atoms with Crippen molar-refractivity contribution in [1.82, 2.24) is 9.80 Å². The Hall–Kier alpha value is -0.450. The first-order valence-electron chi connectivity index (χ1n) is 6.72. The number of carbonyl (C=O) groups excluding carboxylic acids is 1. The molecule has 0 aromatic carbocycles. The van der Waals surface area contributed by atoms with Crippen LogP contribution in [-0.4, -0.2) is 63.0 Å². The molecule has 4 nitrogen and oxygen atoms in total. The third kappa shape index (κ3) is 2.10. The summed E-state index contributed by atoms with van der Waals surface area (Å²) >= 11 is 0. The maximum atomic E-state index is 11.9. The maximum absolute atomic E-state index is 11.9. The number of carbonyl (C=O) groups is 1. The third-order valence-corrected chi connectivity index (χ3v) is 4.19. The van der Waals surface area contributed by atoms with Crippen LogP contribution in [0.1, 0.15) is 41.5 Å². The number of nitrogens with zero attached hydrogens (tertiary/aromatic N) is 2. The van der Waals surface area contributed by atoms with E-state index in [2.05, 4.69) is 51.3 Å². The van der Waals surface area contributed by atoms with Crippen LogP contribution < -0.4 is 0 Å². The van der Waals surface area contributed by atoms with E-state index in [1.54, 1.807) is 0 Å². The first-order valence-corrected chi connectivity index (χ1v) is 6.72. The fourth-order valence-electron chi connectivity index (χ4n) is 2.88. The predicted octanol–water partition coefficient (Wildman–Crippen LogP) is 0.883. The molecule has 2 heterocycles. The summed E-state index contributed by atoms with van der Waals surface area (Å²) in [4.78, 5) is 16.2. The van der Waals surface area contributed by atoms with E-state index in [0.717, 1.165) is 0 Å². The second kappa shape index (κ2) is 3.78. The monoisotopic (exact) mass is 254 g/mol. The van der Waals surface area contributed by atoms with E-state index in [0.29, 0.717) is 19.6 Å². The molecule has 1 N–H and O–H groups in total. The van der Waals surface area contributed by atoms with Gasteiger partial charge < -0.3 is 5.11 Å². The molecule has 2 aliphatic heterocycles. The zero-order chi connectivity index (χ0) is 13.9. The second-order valence-corrected chi connectivity index (χ2v) is 7.80. The van der Waals surface area contributed by atoms with Gasteiger partial charge in [-0.05, 0) is 41.5 Å². The minimum absolute atomic E-state index is 0.0591. The van der Waals surface area contributed by atoms with Crippen molar-refractivity contribution in [2.75, 3.05) is 19.6 Å². The van der Waals surface area contributed by atoms with Gasteiger partial charge in [-0.3, -0.25) is 14.6 Å². The van der Waals surface area contributed by atoms with Gasteiger partial charge >= 0.3 is 0 Å². The van der Waals surface area contributed by atoms with Crippen molar-refractivity contribution < 1.29 is 9.90 Å². The van der Waals surface area contributed by atoms with Crippen LogP contribution in [-0.2, 0) is 4.79 Å². The molecule has 0 bridgehead atoms. The number of likely N-dealkylation sites (tertiary alicyclic amines) is 2. The first kappa shape index (κ1) is 14.0. The predicted molar refractivity (Wildman–Crippen MR) is 71.5 cm³/mol. The van der Waals surface area contributed by atoms with E-state index in [4.69, 9.17) is 0 Å². The molecule has 1 atom stereocenters. The fraction of sp³-hybridized carbons (Fsp3) is 0.929. The van der Waals surface area contributed by atoms with Crippen LogP contribution in [0, 0.1) is 0 Å². The number of hydrogen-bond acceptors (Lipinski definition) is 4. The number of ketones is 1.